The van der Waals surface area contributed by atoms with Crippen LogP contribution in [0.1, 0.15) is 39.0 Å². The predicted molar refractivity (Wildman–Crippen MR) is 62.8 cm³/mol. The fourth-order valence-electron chi connectivity index (χ4n) is 2.37. The standard InChI is InChI=1S/C12H21N3/c1-10-2-4-11(5-3-10)6-7-13-12-14-8-9-15-12/h8-11H,2-7H2,1H3,(H2,13,14,15). The van der Waals surface area contributed by atoms with Crippen molar-refractivity contribution in [2.75, 3.05) is 11.9 Å². The first kappa shape index (κ1) is 10.5. The van der Waals surface area contributed by atoms with Gasteiger partial charge < -0.3 is 10.3 Å². The van der Waals surface area contributed by atoms with Crippen molar-refractivity contribution in [3.63, 3.8) is 0 Å². The normalized spacial score (nSPS) is 26.5. The minimum Gasteiger partial charge on any atom is -0.356 e. The molecule has 1 aromatic heterocycles. The molecular formula is C12H21N3. The van der Waals surface area contributed by atoms with Crippen LogP contribution in [0.25, 0.3) is 0 Å². The quantitative estimate of drug-likeness (QED) is 0.796. The number of aromatic amines is 1. The van der Waals surface area contributed by atoms with Gasteiger partial charge in [0, 0.05) is 18.9 Å². The molecule has 0 unspecified atom stereocenters. The second-order valence-electron chi connectivity index (χ2n) is 4.78. The minimum atomic E-state index is 0.902. The largest absolute Gasteiger partial charge is 0.356 e. The fourth-order valence-corrected chi connectivity index (χ4v) is 2.37. The van der Waals surface area contributed by atoms with Gasteiger partial charge in [-0.2, -0.15) is 0 Å². The second kappa shape index (κ2) is 5.19. The van der Waals surface area contributed by atoms with Gasteiger partial charge in [0.05, 0.1) is 0 Å². The third kappa shape index (κ3) is 3.26. The first-order valence-electron chi connectivity index (χ1n) is 6.08. The van der Waals surface area contributed by atoms with Gasteiger partial charge in [-0.3, -0.25) is 0 Å². The molecule has 1 heterocycles. The van der Waals surface area contributed by atoms with Gasteiger partial charge in [-0.1, -0.05) is 32.6 Å². The van der Waals surface area contributed by atoms with Crippen molar-refractivity contribution in [1.82, 2.24) is 9.97 Å². The van der Waals surface area contributed by atoms with Crippen LogP contribution in [0.5, 0.6) is 0 Å². The molecule has 0 bridgehead atoms. The number of hydrogen-bond acceptors (Lipinski definition) is 2. The molecule has 1 aliphatic carbocycles. The molecule has 0 amide bonds. The number of anilines is 1. The van der Waals surface area contributed by atoms with Crippen molar-refractivity contribution >= 4 is 5.95 Å². The van der Waals surface area contributed by atoms with Gasteiger partial charge in [0.25, 0.3) is 0 Å². The summed E-state index contributed by atoms with van der Waals surface area (Å²) < 4.78 is 0. The lowest BCUT2D eigenvalue weighted by atomic mass is 9.81. The van der Waals surface area contributed by atoms with Crippen LogP contribution in [0.3, 0.4) is 0 Å². The smallest absolute Gasteiger partial charge is 0.200 e. The van der Waals surface area contributed by atoms with Gasteiger partial charge in [-0.15, -0.1) is 0 Å². The lowest BCUT2D eigenvalue weighted by molar-refractivity contribution is 0.282. The van der Waals surface area contributed by atoms with Gasteiger partial charge in [0.2, 0.25) is 0 Å². The van der Waals surface area contributed by atoms with E-state index in [-0.39, 0.29) is 0 Å². The highest BCUT2D eigenvalue weighted by Gasteiger charge is 2.17. The lowest BCUT2D eigenvalue weighted by Crippen LogP contribution is -2.16. The second-order valence-corrected chi connectivity index (χ2v) is 4.78. The molecule has 0 aliphatic heterocycles. The van der Waals surface area contributed by atoms with Crippen molar-refractivity contribution < 1.29 is 0 Å². The van der Waals surface area contributed by atoms with Crippen LogP contribution in [0.15, 0.2) is 12.4 Å². The minimum absolute atomic E-state index is 0.902. The van der Waals surface area contributed by atoms with Crippen molar-refractivity contribution in [2.24, 2.45) is 11.8 Å². The Labute approximate surface area is 91.7 Å². The summed E-state index contributed by atoms with van der Waals surface area (Å²) in [7, 11) is 0. The summed E-state index contributed by atoms with van der Waals surface area (Å²) in [6, 6.07) is 0. The zero-order chi connectivity index (χ0) is 10.5. The Hall–Kier alpha value is -0.990. The highest BCUT2D eigenvalue weighted by molar-refractivity contribution is 5.22. The third-order valence-corrected chi connectivity index (χ3v) is 3.48. The molecule has 0 aromatic carbocycles. The van der Waals surface area contributed by atoms with Crippen LogP contribution in [-0.4, -0.2) is 16.5 Å². The summed E-state index contributed by atoms with van der Waals surface area (Å²) in [4.78, 5) is 7.20. The molecule has 2 N–H and O–H groups in total. The van der Waals surface area contributed by atoms with E-state index in [1.807, 2.05) is 6.20 Å². The average molecular weight is 207 g/mol. The van der Waals surface area contributed by atoms with Crippen LogP contribution in [0.2, 0.25) is 0 Å². The molecule has 1 aromatic rings. The van der Waals surface area contributed by atoms with E-state index in [1.54, 1.807) is 6.20 Å². The summed E-state index contributed by atoms with van der Waals surface area (Å²) in [6.07, 6.45) is 10.6. The van der Waals surface area contributed by atoms with E-state index in [9.17, 15) is 0 Å². The molecule has 0 atom stereocenters. The summed E-state index contributed by atoms with van der Waals surface area (Å²) >= 11 is 0. The molecule has 3 nitrogen and oxygen atoms in total. The van der Waals surface area contributed by atoms with Crippen LogP contribution in [0.4, 0.5) is 5.95 Å². The summed E-state index contributed by atoms with van der Waals surface area (Å²) in [5, 5.41) is 3.32. The number of hydrogen-bond donors (Lipinski definition) is 2. The monoisotopic (exact) mass is 207 g/mol. The fraction of sp³-hybridized carbons (Fsp3) is 0.750. The summed E-state index contributed by atoms with van der Waals surface area (Å²) in [6.45, 7) is 3.42. The molecule has 1 aliphatic rings. The molecule has 0 spiro atoms. The van der Waals surface area contributed by atoms with Crippen molar-refractivity contribution in [2.45, 2.75) is 39.0 Å². The van der Waals surface area contributed by atoms with Crippen LogP contribution in [0, 0.1) is 11.8 Å². The van der Waals surface area contributed by atoms with E-state index in [0.717, 1.165) is 24.3 Å². The molecule has 0 radical (unpaired) electrons. The topological polar surface area (TPSA) is 40.7 Å². The zero-order valence-corrected chi connectivity index (χ0v) is 9.50. The van der Waals surface area contributed by atoms with E-state index in [2.05, 4.69) is 22.2 Å². The Balaban J connectivity index is 1.62. The highest BCUT2D eigenvalue weighted by atomic mass is 15.1. The Morgan fingerprint density at radius 1 is 1.40 bits per heavy atom. The van der Waals surface area contributed by atoms with Crippen LogP contribution in [-0.2, 0) is 0 Å². The number of rotatable bonds is 4. The Kier molecular flexibility index (Phi) is 3.64. The summed E-state index contributed by atoms with van der Waals surface area (Å²) in [5.41, 5.74) is 0. The number of imidazole rings is 1. The van der Waals surface area contributed by atoms with Crippen molar-refractivity contribution in [3.8, 4) is 0 Å². The maximum atomic E-state index is 4.14. The molecule has 1 fully saturated rings. The molecular weight excluding hydrogens is 186 g/mol. The number of H-pyrrole nitrogens is 1. The number of nitrogens with one attached hydrogen (secondary N) is 2. The van der Waals surface area contributed by atoms with E-state index in [1.165, 1.54) is 32.1 Å². The maximum Gasteiger partial charge on any atom is 0.200 e. The molecule has 1 saturated carbocycles. The van der Waals surface area contributed by atoms with E-state index in [0.29, 0.717) is 0 Å². The van der Waals surface area contributed by atoms with Gasteiger partial charge >= 0.3 is 0 Å². The maximum absolute atomic E-state index is 4.14. The highest BCUT2D eigenvalue weighted by Crippen LogP contribution is 2.30. The first-order chi connectivity index (χ1) is 7.34. The molecule has 15 heavy (non-hydrogen) atoms. The van der Waals surface area contributed by atoms with E-state index >= 15 is 0 Å². The predicted octanol–water partition coefficient (Wildman–Crippen LogP) is 3.04. The lowest BCUT2D eigenvalue weighted by Gasteiger charge is -2.26. The SMILES string of the molecule is CC1CCC(CCNc2ncc[nH]2)CC1. The van der Waals surface area contributed by atoms with Crippen LogP contribution < -0.4 is 5.32 Å². The van der Waals surface area contributed by atoms with Crippen molar-refractivity contribution in [1.29, 1.82) is 0 Å². The first-order valence-corrected chi connectivity index (χ1v) is 6.08. The van der Waals surface area contributed by atoms with Gasteiger partial charge in [0.15, 0.2) is 5.95 Å². The Morgan fingerprint density at radius 3 is 2.87 bits per heavy atom. The van der Waals surface area contributed by atoms with Gasteiger partial charge in [-0.05, 0) is 18.3 Å². The number of aromatic nitrogens is 2. The Morgan fingerprint density at radius 2 is 2.20 bits per heavy atom. The third-order valence-electron chi connectivity index (χ3n) is 3.48. The molecule has 3 heteroatoms. The molecule has 84 valence electrons. The van der Waals surface area contributed by atoms with Crippen molar-refractivity contribution in [3.05, 3.63) is 12.4 Å². The van der Waals surface area contributed by atoms with E-state index < -0.39 is 0 Å². The van der Waals surface area contributed by atoms with Gasteiger partial charge in [0.1, 0.15) is 0 Å². The molecule has 2 rings (SSSR count). The molecule has 0 saturated heterocycles. The zero-order valence-electron chi connectivity index (χ0n) is 9.50. The van der Waals surface area contributed by atoms with Crippen LogP contribution >= 0.6 is 0 Å². The van der Waals surface area contributed by atoms with Gasteiger partial charge in [-0.25, -0.2) is 4.98 Å². The number of nitrogens with zero attached hydrogens (tertiary/aromatic N) is 1. The van der Waals surface area contributed by atoms with E-state index in [4.69, 9.17) is 0 Å². The average Bonchev–Trinajstić information content (AvgIpc) is 2.74. The summed E-state index contributed by atoms with van der Waals surface area (Å²) in [5.74, 6) is 2.79. The Bertz CT molecular complexity index is 260.